The van der Waals surface area contributed by atoms with Crippen LogP contribution >= 0.6 is 0 Å². The highest BCUT2D eigenvalue weighted by molar-refractivity contribution is 7.90. The van der Waals surface area contributed by atoms with Gasteiger partial charge in [-0.3, -0.25) is 0 Å². The molecule has 0 spiro atoms. The lowest BCUT2D eigenvalue weighted by Crippen LogP contribution is -2.19. The standard InChI is InChI=1S/C10H12F3NO3S/c1-18(15,16)7-6-14-8-4-2-3-5-9(8)17-10(11,12)13/h2-5,14H,6-7H2,1H3. The van der Waals surface area contributed by atoms with Gasteiger partial charge in [0.15, 0.2) is 5.75 Å². The molecule has 0 aliphatic carbocycles. The predicted molar refractivity (Wildman–Crippen MR) is 61.3 cm³/mol. The van der Waals surface area contributed by atoms with Gasteiger partial charge in [-0.2, -0.15) is 0 Å². The Kier molecular flexibility index (Phi) is 4.44. The minimum atomic E-state index is -4.78. The lowest BCUT2D eigenvalue weighted by molar-refractivity contribution is -0.274. The minimum Gasteiger partial charge on any atom is -0.404 e. The Morgan fingerprint density at radius 1 is 1.28 bits per heavy atom. The third-order valence-electron chi connectivity index (χ3n) is 1.90. The van der Waals surface area contributed by atoms with E-state index < -0.39 is 21.9 Å². The van der Waals surface area contributed by atoms with Crippen LogP contribution in [-0.4, -0.2) is 33.3 Å². The van der Waals surface area contributed by atoms with Crippen molar-refractivity contribution in [2.45, 2.75) is 6.36 Å². The van der Waals surface area contributed by atoms with Gasteiger partial charge in [-0.15, -0.1) is 13.2 Å². The number of nitrogens with one attached hydrogen (secondary N) is 1. The first-order valence-corrected chi connectivity index (χ1v) is 7.00. The van der Waals surface area contributed by atoms with E-state index >= 15 is 0 Å². The van der Waals surface area contributed by atoms with E-state index in [1.165, 1.54) is 18.2 Å². The molecule has 0 unspecified atom stereocenters. The van der Waals surface area contributed by atoms with Crippen LogP contribution in [0.15, 0.2) is 24.3 Å². The Bertz CT molecular complexity index is 499. The van der Waals surface area contributed by atoms with Crippen LogP contribution in [0.25, 0.3) is 0 Å². The summed E-state index contributed by atoms with van der Waals surface area (Å²) < 4.78 is 61.8. The fourth-order valence-electron chi connectivity index (χ4n) is 1.20. The number of benzene rings is 1. The molecule has 8 heteroatoms. The van der Waals surface area contributed by atoms with Crippen LogP contribution in [0.2, 0.25) is 0 Å². The van der Waals surface area contributed by atoms with Crippen molar-refractivity contribution in [2.24, 2.45) is 0 Å². The van der Waals surface area contributed by atoms with E-state index in [2.05, 4.69) is 10.1 Å². The number of sulfone groups is 1. The van der Waals surface area contributed by atoms with Crippen molar-refractivity contribution in [3.05, 3.63) is 24.3 Å². The number of hydrogen-bond acceptors (Lipinski definition) is 4. The third-order valence-corrected chi connectivity index (χ3v) is 2.85. The molecule has 0 heterocycles. The van der Waals surface area contributed by atoms with Gasteiger partial charge in [-0.25, -0.2) is 8.42 Å². The molecule has 102 valence electrons. The van der Waals surface area contributed by atoms with Crippen LogP contribution in [0.4, 0.5) is 18.9 Å². The molecule has 18 heavy (non-hydrogen) atoms. The molecule has 0 aliphatic heterocycles. The second-order valence-electron chi connectivity index (χ2n) is 3.60. The van der Waals surface area contributed by atoms with E-state index in [1.54, 1.807) is 0 Å². The van der Waals surface area contributed by atoms with Crippen molar-refractivity contribution in [3.8, 4) is 5.75 Å². The summed E-state index contributed by atoms with van der Waals surface area (Å²) in [5.41, 5.74) is 0.0958. The summed E-state index contributed by atoms with van der Waals surface area (Å²) in [5, 5.41) is 2.59. The maximum absolute atomic E-state index is 12.1. The fourth-order valence-corrected chi connectivity index (χ4v) is 1.67. The summed E-state index contributed by atoms with van der Waals surface area (Å²) in [5.74, 6) is -0.564. The van der Waals surface area contributed by atoms with Crippen molar-refractivity contribution >= 4 is 15.5 Å². The number of hydrogen-bond donors (Lipinski definition) is 1. The van der Waals surface area contributed by atoms with Crippen LogP contribution in [0, 0.1) is 0 Å². The largest absolute Gasteiger partial charge is 0.573 e. The zero-order valence-corrected chi connectivity index (χ0v) is 10.3. The molecule has 1 N–H and O–H groups in total. The van der Waals surface area contributed by atoms with E-state index in [0.717, 1.165) is 12.3 Å². The molecule has 0 bridgehead atoms. The number of alkyl halides is 3. The van der Waals surface area contributed by atoms with Gasteiger partial charge in [0.05, 0.1) is 11.4 Å². The summed E-state index contributed by atoms with van der Waals surface area (Å²) in [6, 6.07) is 5.44. The summed E-state index contributed by atoms with van der Waals surface area (Å²) in [6.07, 6.45) is -3.73. The van der Waals surface area contributed by atoms with Crippen molar-refractivity contribution in [2.75, 3.05) is 23.9 Å². The molecule has 0 saturated carbocycles. The summed E-state index contributed by atoms with van der Waals surface area (Å²) >= 11 is 0. The average Bonchev–Trinajstić information content (AvgIpc) is 2.16. The highest BCUT2D eigenvalue weighted by atomic mass is 32.2. The fraction of sp³-hybridized carbons (Fsp3) is 0.400. The molecule has 0 fully saturated rings. The van der Waals surface area contributed by atoms with Crippen LogP contribution in [0.5, 0.6) is 5.75 Å². The molecule has 0 saturated heterocycles. The lowest BCUT2D eigenvalue weighted by atomic mass is 10.3. The van der Waals surface area contributed by atoms with Gasteiger partial charge < -0.3 is 10.1 Å². The zero-order chi connectivity index (χ0) is 13.8. The first kappa shape index (κ1) is 14.6. The predicted octanol–water partition coefficient (Wildman–Crippen LogP) is 2.04. The van der Waals surface area contributed by atoms with E-state index in [4.69, 9.17) is 0 Å². The van der Waals surface area contributed by atoms with E-state index in [-0.39, 0.29) is 18.0 Å². The topological polar surface area (TPSA) is 55.4 Å². The Morgan fingerprint density at radius 2 is 1.89 bits per heavy atom. The van der Waals surface area contributed by atoms with Crippen molar-refractivity contribution in [1.29, 1.82) is 0 Å². The van der Waals surface area contributed by atoms with Crippen molar-refractivity contribution in [1.82, 2.24) is 0 Å². The molecule has 0 atom stereocenters. The normalized spacial score (nSPS) is 12.2. The summed E-state index contributed by atoms with van der Waals surface area (Å²) in [4.78, 5) is 0. The number of anilines is 1. The van der Waals surface area contributed by atoms with Crippen molar-refractivity contribution in [3.63, 3.8) is 0 Å². The number of rotatable bonds is 5. The molecule has 0 aliphatic rings. The van der Waals surface area contributed by atoms with Gasteiger partial charge >= 0.3 is 6.36 Å². The smallest absolute Gasteiger partial charge is 0.404 e. The lowest BCUT2D eigenvalue weighted by Gasteiger charge is -2.14. The van der Waals surface area contributed by atoms with Crippen LogP contribution in [0.1, 0.15) is 0 Å². The molecule has 0 aromatic heterocycles. The highest BCUT2D eigenvalue weighted by Gasteiger charge is 2.32. The average molecular weight is 283 g/mol. The number of para-hydroxylation sites is 2. The Labute approximate surface area is 103 Å². The van der Waals surface area contributed by atoms with E-state index in [0.29, 0.717) is 0 Å². The SMILES string of the molecule is CS(=O)(=O)CCNc1ccccc1OC(F)(F)F. The first-order chi connectivity index (χ1) is 8.17. The molecule has 4 nitrogen and oxygen atoms in total. The van der Waals surface area contributed by atoms with Gasteiger partial charge in [-0.05, 0) is 12.1 Å². The quantitative estimate of drug-likeness (QED) is 0.898. The Hall–Kier alpha value is -1.44. The number of halogens is 3. The molecular weight excluding hydrogens is 271 g/mol. The van der Waals surface area contributed by atoms with E-state index in [9.17, 15) is 21.6 Å². The maximum Gasteiger partial charge on any atom is 0.573 e. The highest BCUT2D eigenvalue weighted by Crippen LogP contribution is 2.29. The minimum absolute atomic E-state index is 0.0110. The number of ether oxygens (including phenoxy) is 1. The third kappa shape index (κ3) is 5.76. The first-order valence-electron chi connectivity index (χ1n) is 4.94. The molecule has 0 radical (unpaired) electrons. The summed E-state index contributed by atoms with van der Waals surface area (Å²) in [7, 11) is -3.17. The van der Waals surface area contributed by atoms with Gasteiger partial charge in [-0.1, -0.05) is 12.1 Å². The van der Waals surface area contributed by atoms with Crippen molar-refractivity contribution < 1.29 is 26.3 Å². The molecule has 1 aromatic rings. The zero-order valence-electron chi connectivity index (χ0n) is 9.49. The summed E-state index contributed by atoms with van der Waals surface area (Å²) in [6.45, 7) is 0.0110. The second kappa shape index (κ2) is 5.47. The van der Waals surface area contributed by atoms with Gasteiger partial charge in [0.2, 0.25) is 0 Å². The van der Waals surface area contributed by atoms with Gasteiger partial charge in [0, 0.05) is 12.8 Å². The Morgan fingerprint density at radius 3 is 2.44 bits per heavy atom. The second-order valence-corrected chi connectivity index (χ2v) is 5.86. The maximum atomic E-state index is 12.1. The van der Waals surface area contributed by atoms with Gasteiger partial charge in [0.1, 0.15) is 9.84 Å². The monoisotopic (exact) mass is 283 g/mol. The molecule has 1 rings (SSSR count). The Balaban J connectivity index is 2.71. The van der Waals surface area contributed by atoms with Crippen LogP contribution < -0.4 is 10.1 Å². The molecule has 0 amide bonds. The molecule has 1 aromatic carbocycles. The van der Waals surface area contributed by atoms with Crippen LogP contribution in [0.3, 0.4) is 0 Å². The van der Waals surface area contributed by atoms with Crippen LogP contribution in [-0.2, 0) is 9.84 Å². The van der Waals surface area contributed by atoms with Gasteiger partial charge in [0.25, 0.3) is 0 Å². The van der Waals surface area contributed by atoms with E-state index in [1.807, 2.05) is 0 Å². The molecular formula is C10H12F3NO3S.